The minimum Gasteiger partial charge on any atom is -0.384 e. The van der Waals surface area contributed by atoms with Gasteiger partial charge in [-0.2, -0.15) is 0 Å². The van der Waals surface area contributed by atoms with Crippen molar-refractivity contribution in [3.63, 3.8) is 0 Å². The average molecular weight is 286 g/mol. The molecule has 1 aliphatic carbocycles. The molecule has 2 rings (SSSR count). The number of nitrogens with one attached hydrogen (secondary N) is 2. The Hall–Kier alpha value is -1.99. The largest absolute Gasteiger partial charge is 0.384 e. The summed E-state index contributed by atoms with van der Waals surface area (Å²) in [6.07, 6.45) is 5.78. The van der Waals surface area contributed by atoms with Crippen LogP contribution >= 0.6 is 0 Å². The molecule has 0 bridgehead atoms. The fraction of sp³-hybridized carbons (Fsp3) is 0.471. The summed E-state index contributed by atoms with van der Waals surface area (Å²) in [6.45, 7) is 1.78. The van der Waals surface area contributed by atoms with Gasteiger partial charge in [0.25, 0.3) is 0 Å². The molecular formula is C17H22N2O2. The molecule has 0 radical (unpaired) electrons. The Morgan fingerprint density at radius 1 is 1.33 bits per heavy atom. The van der Waals surface area contributed by atoms with Crippen molar-refractivity contribution in [2.45, 2.75) is 45.1 Å². The number of aryl methyl sites for hydroxylation is 1. The number of carbonyl (C=O) groups excluding carboxylic acids is 1. The summed E-state index contributed by atoms with van der Waals surface area (Å²) >= 11 is 0. The van der Waals surface area contributed by atoms with Crippen LogP contribution in [-0.2, 0) is 0 Å². The fourth-order valence-corrected chi connectivity index (χ4v) is 2.57. The number of amides is 2. The molecule has 0 spiro atoms. The van der Waals surface area contributed by atoms with Crippen LogP contribution in [0.4, 0.5) is 10.5 Å². The van der Waals surface area contributed by atoms with Crippen molar-refractivity contribution in [3.05, 3.63) is 29.3 Å². The number of carbonyl (C=O) groups is 1. The Morgan fingerprint density at radius 2 is 2.10 bits per heavy atom. The number of benzene rings is 1. The van der Waals surface area contributed by atoms with E-state index in [0.717, 1.165) is 29.7 Å². The van der Waals surface area contributed by atoms with Crippen molar-refractivity contribution < 1.29 is 9.90 Å². The zero-order valence-corrected chi connectivity index (χ0v) is 12.4. The second-order valence-corrected chi connectivity index (χ2v) is 5.42. The monoisotopic (exact) mass is 286 g/mol. The number of rotatable bonds is 2. The maximum atomic E-state index is 12.0. The molecular weight excluding hydrogens is 264 g/mol. The van der Waals surface area contributed by atoms with E-state index in [1.807, 2.05) is 25.1 Å². The highest BCUT2D eigenvalue weighted by Crippen LogP contribution is 2.18. The predicted octanol–water partition coefficient (Wildman–Crippen LogP) is 2.79. The molecule has 1 aromatic carbocycles. The van der Waals surface area contributed by atoms with Gasteiger partial charge in [0.2, 0.25) is 0 Å². The third-order valence-corrected chi connectivity index (χ3v) is 3.74. The summed E-state index contributed by atoms with van der Waals surface area (Å²) in [6, 6.07) is 5.74. The Bertz CT molecular complexity index is 552. The standard InChI is InChI=1S/C17H22N2O2/c1-13-9-10-16(12-14(13)6-5-11-20)19-17(21)18-15-7-3-2-4-8-15/h9-10,12,15,20H,2-4,7-8,11H2,1H3,(H2,18,19,21). The van der Waals surface area contributed by atoms with Gasteiger partial charge < -0.3 is 15.7 Å². The number of anilines is 1. The first kappa shape index (κ1) is 15.4. The van der Waals surface area contributed by atoms with Crippen LogP contribution in [0.1, 0.15) is 43.2 Å². The van der Waals surface area contributed by atoms with E-state index in [0.29, 0.717) is 0 Å². The van der Waals surface area contributed by atoms with Gasteiger partial charge in [-0.3, -0.25) is 0 Å². The molecule has 0 atom stereocenters. The van der Waals surface area contributed by atoms with E-state index in [1.165, 1.54) is 19.3 Å². The van der Waals surface area contributed by atoms with E-state index in [4.69, 9.17) is 5.11 Å². The van der Waals surface area contributed by atoms with Gasteiger partial charge in [0.15, 0.2) is 0 Å². The maximum Gasteiger partial charge on any atom is 0.319 e. The number of aliphatic hydroxyl groups excluding tert-OH is 1. The predicted molar refractivity (Wildman–Crippen MR) is 84.2 cm³/mol. The minimum absolute atomic E-state index is 0.160. The first-order valence-corrected chi connectivity index (χ1v) is 7.47. The quantitative estimate of drug-likeness (QED) is 0.732. The zero-order chi connectivity index (χ0) is 15.1. The molecule has 1 aromatic rings. The second-order valence-electron chi connectivity index (χ2n) is 5.42. The highest BCUT2D eigenvalue weighted by Gasteiger charge is 2.15. The van der Waals surface area contributed by atoms with Crippen molar-refractivity contribution in [2.75, 3.05) is 11.9 Å². The minimum atomic E-state index is -0.167. The van der Waals surface area contributed by atoms with Crippen LogP contribution in [0.15, 0.2) is 18.2 Å². The smallest absolute Gasteiger partial charge is 0.319 e. The Kier molecular flexibility index (Phi) is 5.65. The van der Waals surface area contributed by atoms with E-state index in [2.05, 4.69) is 22.5 Å². The van der Waals surface area contributed by atoms with E-state index >= 15 is 0 Å². The first-order chi connectivity index (χ1) is 10.2. The molecule has 1 aliphatic rings. The molecule has 4 heteroatoms. The van der Waals surface area contributed by atoms with E-state index in [9.17, 15) is 4.79 Å². The molecule has 0 saturated heterocycles. The molecule has 4 nitrogen and oxygen atoms in total. The maximum absolute atomic E-state index is 12.0. The third-order valence-electron chi connectivity index (χ3n) is 3.74. The second kappa shape index (κ2) is 7.70. The molecule has 112 valence electrons. The lowest BCUT2D eigenvalue weighted by Crippen LogP contribution is -2.39. The molecule has 21 heavy (non-hydrogen) atoms. The normalized spacial score (nSPS) is 15.0. The number of urea groups is 1. The summed E-state index contributed by atoms with van der Waals surface area (Å²) in [5.74, 6) is 5.51. The molecule has 0 aliphatic heterocycles. The Morgan fingerprint density at radius 3 is 2.81 bits per heavy atom. The van der Waals surface area contributed by atoms with Crippen LogP contribution in [0, 0.1) is 18.8 Å². The highest BCUT2D eigenvalue weighted by molar-refractivity contribution is 5.89. The van der Waals surface area contributed by atoms with Gasteiger partial charge in [0.1, 0.15) is 6.61 Å². The number of hydrogen-bond donors (Lipinski definition) is 3. The van der Waals surface area contributed by atoms with Gasteiger partial charge in [-0.05, 0) is 37.5 Å². The van der Waals surface area contributed by atoms with Gasteiger partial charge in [0, 0.05) is 17.3 Å². The van der Waals surface area contributed by atoms with E-state index in [-0.39, 0.29) is 18.7 Å². The van der Waals surface area contributed by atoms with Crippen molar-refractivity contribution in [1.82, 2.24) is 5.32 Å². The number of aliphatic hydroxyl groups is 1. The van der Waals surface area contributed by atoms with Crippen LogP contribution in [0.3, 0.4) is 0 Å². The lowest BCUT2D eigenvalue weighted by molar-refractivity contribution is 0.244. The van der Waals surface area contributed by atoms with Gasteiger partial charge in [0.05, 0.1) is 0 Å². The van der Waals surface area contributed by atoms with Crippen molar-refractivity contribution in [3.8, 4) is 11.8 Å². The van der Waals surface area contributed by atoms with Gasteiger partial charge in [-0.15, -0.1) is 0 Å². The third kappa shape index (κ3) is 4.80. The first-order valence-electron chi connectivity index (χ1n) is 7.47. The van der Waals surface area contributed by atoms with E-state index < -0.39 is 0 Å². The highest BCUT2D eigenvalue weighted by atomic mass is 16.2. The molecule has 0 aromatic heterocycles. The molecule has 2 amide bonds. The van der Waals surface area contributed by atoms with Gasteiger partial charge in [-0.1, -0.05) is 37.2 Å². The summed E-state index contributed by atoms with van der Waals surface area (Å²) < 4.78 is 0. The molecule has 1 saturated carbocycles. The lowest BCUT2D eigenvalue weighted by atomic mass is 9.96. The van der Waals surface area contributed by atoms with Crippen LogP contribution in [-0.4, -0.2) is 23.8 Å². The Labute approximate surface area is 125 Å². The van der Waals surface area contributed by atoms with Crippen LogP contribution in [0.5, 0.6) is 0 Å². The fourth-order valence-electron chi connectivity index (χ4n) is 2.57. The van der Waals surface area contributed by atoms with Crippen LogP contribution in [0.2, 0.25) is 0 Å². The van der Waals surface area contributed by atoms with Gasteiger partial charge in [-0.25, -0.2) is 4.79 Å². The molecule has 0 unspecified atom stereocenters. The lowest BCUT2D eigenvalue weighted by Gasteiger charge is -2.22. The van der Waals surface area contributed by atoms with E-state index in [1.54, 1.807) is 0 Å². The van der Waals surface area contributed by atoms with Gasteiger partial charge >= 0.3 is 6.03 Å². The number of hydrogen-bond acceptors (Lipinski definition) is 2. The summed E-state index contributed by atoms with van der Waals surface area (Å²) in [4.78, 5) is 12.0. The average Bonchev–Trinajstić information content (AvgIpc) is 2.48. The van der Waals surface area contributed by atoms with Crippen LogP contribution in [0.25, 0.3) is 0 Å². The SMILES string of the molecule is Cc1ccc(NC(=O)NC2CCCCC2)cc1C#CCO. The van der Waals surface area contributed by atoms with Crippen molar-refractivity contribution >= 4 is 11.7 Å². The molecule has 1 fully saturated rings. The van der Waals surface area contributed by atoms with Crippen LogP contribution < -0.4 is 10.6 Å². The summed E-state index contributed by atoms with van der Waals surface area (Å²) in [7, 11) is 0. The summed E-state index contributed by atoms with van der Waals surface area (Å²) in [5.41, 5.74) is 2.56. The Balaban J connectivity index is 1.96. The van der Waals surface area contributed by atoms with Crippen molar-refractivity contribution in [2.24, 2.45) is 0 Å². The zero-order valence-electron chi connectivity index (χ0n) is 12.4. The molecule has 3 N–H and O–H groups in total. The van der Waals surface area contributed by atoms with Crippen molar-refractivity contribution in [1.29, 1.82) is 0 Å². The topological polar surface area (TPSA) is 61.4 Å². The molecule has 0 heterocycles. The summed E-state index contributed by atoms with van der Waals surface area (Å²) in [5, 5.41) is 14.6.